The first-order valence-corrected chi connectivity index (χ1v) is 12.5. The zero-order valence-electron chi connectivity index (χ0n) is 21.1. The van der Waals surface area contributed by atoms with E-state index < -0.39 is 12.0 Å². The molecule has 0 radical (unpaired) electrons. The van der Waals surface area contributed by atoms with E-state index in [0.29, 0.717) is 32.1 Å². The maximum Gasteiger partial charge on any atom is 0.338 e. The van der Waals surface area contributed by atoms with Crippen molar-refractivity contribution in [3.05, 3.63) is 90.1 Å². The van der Waals surface area contributed by atoms with Gasteiger partial charge < -0.3 is 18.9 Å². The Hall–Kier alpha value is -4.11. The number of allylic oxidation sites excluding steroid dienone is 1. The van der Waals surface area contributed by atoms with Gasteiger partial charge in [-0.15, -0.1) is 0 Å². The summed E-state index contributed by atoms with van der Waals surface area (Å²) in [6.07, 6.45) is 3.63. The number of carbonyl (C=O) groups excluding carboxylic acids is 1. The Morgan fingerprint density at radius 2 is 1.86 bits per heavy atom. The van der Waals surface area contributed by atoms with Crippen LogP contribution in [0.5, 0.6) is 17.2 Å². The number of thiazole rings is 1. The largest absolute Gasteiger partial charge is 0.493 e. The zero-order chi connectivity index (χ0) is 26.3. The number of hydrogen-bond donors (Lipinski definition) is 0. The van der Waals surface area contributed by atoms with Crippen LogP contribution >= 0.6 is 11.3 Å². The van der Waals surface area contributed by atoms with Gasteiger partial charge >= 0.3 is 5.97 Å². The number of nitrogens with zero attached hydrogens (tertiary/aromatic N) is 2. The summed E-state index contributed by atoms with van der Waals surface area (Å²) < 4.78 is 24.0. The third-order valence-electron chi connectivity index (χ3n) is 6.46. The number of carbonyl (C=O) groups is 1. The molecule has 0 saturated carbocycles. The highest BCUT2D eigenvalue weighted by molar-refractivity contribution is 7.07. The van der Waals surface area contributed by atoms with Crippen molar-refractivity contribution < 1.29 is 23.7 Å². The van der Waals surface area contributed by atoms with E-state index in [2.05, 4.69) is 4.99 Å². The third kappa shape index (κ3) is 4.25. The Morgan fingerprint density at radius 3 is 2.59 bits per heavy atom. The first kappa shape index (κ1) is 24.6. The highest BCUT2D eigenvalue weighted by Crippen LogP contribution is 2.36. The average Bonchev–Trinajstić information content (AvgIpc) is 3.21. The lowest BCUT2D eigenvalue weighted by Gasteiger charge is -2.25. The minimum Gasteiger partial charge on any atom is -0.493 e. The molecule has 0 saturated heterocycles. The molecule has 2 aliphatic heterocycles. The van der Waals surface area contributed by atoms with Crippen molar-refractivity contribution >= 4 is 29.5 Å². The van der Waals surface area contributed by atoms with Crippen molar-refractivity contribution in [3.63, 3.8) is 0 Å². The van der Waals surface area contributed by atoms with Gasteiger partial charge in [-0.05, 0) is 55.3 Å². The normalized spacial score (nSPS) is 18.7. The molecule has 0 aliphatic carbocycles. The standard InChI is InChI=1S/C28H26N2O6S/c1-15-24(27(32)35-5)25(18-10-11-21(33-3)22(13-18)34-4)30-26(31)23(37-28(30)29-15)14-19-12-17-8-6-7-9-20(17)36-16(19)2/h6-14,16,25H,1-5H3. The summed E-state index contributed by atoms with van der Waals surface area (Å²) >= 11 is 1.27. The van der Waals surface area contributed by atoms with Gasteiger partial charge in [-0.3, -0.25) is 9.36 Å². The molecule has 2 aliphatic rings. The quantitative estimate of drug-likeness (QED) is 0.482. The maximum atomic E-state index is 13.8. The van der Waals surface area contributed by atoms with Crippen LogP contribution in [0, 0.1) is 0 Å². The van der Waals surface area contributed by atoms with E-state index in [-0.39, 0.29) is 17.2 Å². The number of fused-ring (bicyclic) bond motifs is 2. The van der Waals surface area contributed by atoms with Crippen molar-refractivity contribution in [3.8, 4) is 17.2 Å². The average molecular weight is 519 g/mol. The van der Waals surface area contributed by atoms with Crippen molar-refractivity contribution in [2.24, 2.45) is 4.99 Å². The second-order valence-corrected chi connectivity index (χ2v) is 9.64. The lowest BCUT2D eigenvalue weighted by Crippen LogP contribution is -2.40. The van der Waals surface area contributed by atoms with Gasteiger partial charge in [0.15, 0.2) is 16.3 Å². The summed E-state index contributed by atoms with van der Waals surface area (Å²) in [5.74, 6) is 1.28. The van der Waals surface area contributed by atoms with Crippen LogP contribution in [0.25, 0.3) is 12.2 Å². The molecule has 2 aromatic carbocycles. The van der Waals surface area contributed by atoms with Crippen LogP contribution in [0.3, 0.4) is 0 Å². The summed E-state index contributed by atoms with van der Waals surface area (Å²) in [6.45, 7) is 3.69. The Balaban J connectivity index is 1.71. The van der Waals surface area contributed by atoms with E-state index in [1.165, 1.54) is 25.6 Å². The van der Waals surface area contributed by atoms with E-state index in [1.54, 1.807) is 36.8 Å². The molecule has 3 aromatic rings. The molecule has 190 valence electrons. The fourth-order valence-electron chi connectivity index (χ4n) is 4.60. The van der Waals surface area contributed by atoms with Crippen LogP contribution in [-0.4, -0.2) is 38.0 Å². The van der Waals surface area contributed by atoms with Crippen molar-refractivity contribution in [1.29, 1.82) is 0 Å². The van der Waals surface area contributed by atoms with Crippen LogP contribution in [-0.2, 0) is 9.53 Å². The molecule has 0 spiro atoms. The number of benzene rings is 2. The van der Waals surface area contributed by atoms with Crippen LogP contribution in [0.2, 0.25) is 0 Å². The van der Waals surface area contributed by atoms with Crippen molar-refractivity contribution in [1.82, 2.24) is 4.57 Å². The number of rotatable bonds is 5. The Bertz CT molecular complexity index is 1650. The molecule has 3 heterocycles. The minimum atomic E-state index is -0.750. The topological polar surface area (TPSA) is 88.4 Å². The minimum absolute atomic E-state index is 0.234. The van der Waals surface area contributed by atoms with Gasteiger partial charge in [0.05, 0.1) is 43.2 Å². The third-order valence-corrected chi connectivity index (χ3v) is 7.45. The monoisotopic (exact) mass is 518 g/mol. The van der Waals surface area contributed by atoms with Gasteiger partial charge in [-0.25, -0.2) is 9.79 Å². The number of esters is 1. The molecule has 0 amide bonds. The van der Waals surface area contributed by atoms with Gasteiger partial charge in [0.2, 0.25) is 0 Å². The highest BCUT2D eigenvalue weighted by Gasteiger charge is 2.33. The number of para-hydroxylation sites is 1. The molecule has 0 bridgehead atoms. The van der Waals surface area contributed by atoms with Crippen LogP contribution < -0.4 is 29.1 Å². The van der Waals surface area contributed by atoms with Gasteiger partial charge in [-0.1, -0.05) is 35.6 Å². The first-order valence-electron chi connectivity index (χ1n) is 11.7. The second kappa shape index (κ2) is 9.74. The van der Waals surface area contributed by atoms with E-state index in [1.807, 2.05) is 43.3 Å². The SMILES string of the molecule is COC(=O)C1=C(C)N=c2sc(=CC3=Cc4ccccc4OC3C)c(=O)n2C1c1ccc(OC)c(OC)c1. The molecule has 5 rings (SSSR count). The molecule has 0 fully saturated rings. The molecule has 0 N–H and O–H groups in total. The molecular formula is C28H26N2O6S. The molecule has 1 aromatic heterocycles. The predicted molar refractivity (Wildman–Crippen MR) is 141 cm³/mol. The van der Waals surface area contributed by atoms with Gasteiger partial charge in [0.1, 0.15) is 11.9 Å². The van der Waals surface area contributed by atoms with E-state index in [0.717, 1.165) is 16.9 Å². The van der Waals surface area contributed by atoms with Crippen molar-refractivity contribution in [2.75, 3.05) is 21.3 Å². The number of ether oxygens (including phenoxy) is 4. The Kier molecular flexibility index (Phi) is 6.47. The summed E-state index contributed by atoms with van der Waals surface area (Å²) in [6, 6.07) is 12.3. The van der Waals surface area contributed by atoms with E-state index in [9.17, 15) is 9.59 Å². The van der Waals surface area contributed by atoms with Gasteiger partial charge in [0.25, 0.3) is 5.56 Å². The van der Waals surface area contributed by atoms with Gasteiger partial charge in [0, 0.05) is 5.56 Å². The lowest BCUT2D eigenvalue weighted by molar-refractivity contribution is -0.136. The first-order chi connectivity index (χ1) is 17.9. The number of aromatic nitrogens is 1. The maximum absolute atomic E-state index is 13.8. The Labute approximate surface area is 217 Å². The predicted octanol–water partition coefficient (Wildman–Crippen LogP) is 3.24. The molecule has 8 nitrogen and oxygen atoms in total. The second-order valence-electron chi connectivity index (χ2n) is 8.63. The van der Waals surface area contributed by atoms with Crippen LogP contribution in [0.15, 0.2) is 69.1 Å². The zero-order valence-corrected chi connectivity index (χ0v) is 21.9. The number of hydrogen-bond acceptors (Lipinski definition) is 8. The highest BCUT2D eigenvalue weighted by atomic mass is 32.1. The van der Waals surface area contributed by atoms with Crippen molar-refractivity contribution in [2.45, 2.75) is 26.0 Å². The van der Waals surface area contributed by atoms with Crippen LogP contribution in [0.4, 0.5) is 0 Å². The fraction of sp³-hybridized carbons (Fsp3) is 0.250. The lowest BCUT2D eigenvalue weighted by atomic mass is 9.95. The summed E-state index contributed by atoms with van der Waals surface area (Å²) in [4.78, 5) is 31.9. The molecule has 2 unspecified atom stereocenters. The van der Waals surface area contributed by atoms with Gasteiger partial charge in [-0.2, -0.15) is 0 Å². The summed E-state index contributed by atoms with van der Waals surface area (Å²) in [5, 5.41) is 0. The smallest absolute Gasteiger partial charge is 0.338 e. The van der Waals surface area contributed by atoms with E-state index >= 15 is 0 Å². The molecular weight excluding hydrogens is 492 g/mol. The summed E-state index contributed by atoms with van der Waals surface area (Å²) in [7, 11) is 4.40. The Morgan fingerprint density at radius 1 is 1.11 bits per heavy atom. The molecule has 2 atom stereocenters. The summed E-state index contributed by atoms with van der Waals surface area (Å²) in [5.41, 5.74) is 3.01. The van der Waals surface area contributed by atoms with E-state index in [4.69, 9.17) is 18.9 Å². The van der Waals surface area contributed by atoms with Crippen LogP contribution in [0.1, 0.15) is 31.0 Å². The molecule has 9 heteroatoms. The number of methoxy groups -OCH3 is 3. The molecule has 37 heavy (non-hydrogen) atoms. The fourth-order valence-corrected chi connectivity index (χ4v) is 5.65.